The summed E-state index contributed by atoms with van der Waals surface area (Å²) in [7, 11) is 0. The van der Waals surface area contributed by atoms with E-state index in [-0.39, 0.29) is 11.9 Å². The lowest BCUT2D eigenvalue weighted by Gasteiger charge is -2.16. The van der Waals surface area contributed by atoms with Crippen molar-refractivity contribution in [1.82, 2.24) is 15.3 Å². The van der Waals surface area contributed by atoms with Gasteiger partial charge in [-0.15, -0.1) is 0 Å². The average molecular weight is 388 g/mol. The topological polar surface area (TPSA) is 54.9 Å². The highest BCUT2D eigenvalue weighted by Gasteiger charge is 2.17. The predicted molar refractivity (Wildman–Crippen MR) is 112 cm³/mol. The predicted octanol–water partition coefficient (Wildman–Crippen LogP) is 5.44. The van der Waals surface area contributed by atoms with Crippen LogP contribution in [0.4, 0.5) is 0 Å². The van der Waals surface area contributed by atoms with Gasteiger partial charge in [0.15, 0.2) is 5.65 Å². The first kappa shape index (κ1) is 18.1. The summed E-state index contributed by atoms with van der Waals surface area (Å²) in [6.45, 7) is 1.95. The Morgan fingerprint density at radius 2 is 1.75 bits per heavy atom. The normalized spacial score (nSPS) is 11.9. The Kier molecular flexibility index (Phi) is 5.04. The van der Waals surface area contributed by atoms with Crippen LogP contribution in [0.2, 0.25) is 5.02 Å². The van der Waals surface area contributed by atoms with Gasteiger partial charge in [0.1, 0.15) is 0 Å². The van der Waals surface area contributed by atoms with Crippen molar-refractivity contribution >= 4 is 28.5 Å². The number of hydrogen-bond donors (Lipinski definition) is 1. The van der Waals surface area contributed by atoms with Gasteiger partial charge in [-0.2, -0.15) is 0 Å². The number of rotatable bonds is 4. The molecule has 0 aliphatic heterocycles. The minimum Gasteiger partial charge on any atom is -0.345 e. The number of carbonyl (C=O) groups excluding carboxylic acids is 1. The molecule has 4 rings (SSSR count). The monoisotopic (exact) mass is 387 g/mol. The number of nitrogens with zero attached hydrogens (tertiary/aromatic N) is 2. The summed E-state index contributed by atoms with van der Waals surface area (Å²) in [6, 6.07) is 22.6. The highest BCUT2D eigenvalue weighted by atomic mass is 35.5. The fourth-order valence-corrected chi connectivity index (χ4v) is 3.24. The Hall–Kier alpha value is -3.24. The van der Waals surface area contributed by atoms with E-state index in [1.165, 1.54) is 0 Å². The summed E-state index contributed by atoms with van der Waals surface area (Å²) in [5.74, 6) is -0.167. The quantitative estimate of drug-likeness (QED) is 0.507. The molecule has 1 amide bonds. The lowest BCUT2D eigenvalue weighted by Crippen LogP contribution is -2.27. The van der Waals surface area contributed by atoms with E-state index in [4.69, 9.17) is 11.6 Å². The van der Waals surface area contributed by atoms with Gasteiger partial charge in [-0.3, -0.25) is 4.79 Å². The molecule has 0 radical (unpaired) electrons. The molecular formula is C23H18ClN3O. The van der Waals surface area contributed by atoms with Crippen molar-refractivity contribution in [2.75, 3.05) is 0 Å². The summed E-state index contributed by atoms with van der Waals surface area (Å²) in [4.78, 5) is 22.1. The zero-order valence-electron chi connectivity index (χ0n) is 15.3. The Labute approximate surface area is 168 Å². The average Bonchev–Trinajstić information content (AvgIpc) is 2.74. The maximum Gasteiger partial charge on any atom is 0.252 e. The Balaban J connectivity index is 1.72. The number of pyridine rings is 2. The molecule has 28 heavy (non-hydrogen) atoms. The molecule has 1 unspecified atom stereocenters. The van der Waals surface area contributed by atoms with Gasteiger partial charge in [0.2, 0.25) is 0 Å². The Morgan fingerprint density at radius 3 is 2.50 bits per heavy atom. The van der Waals surface area contributed by atoms with E-state index in [1.807, 2.05) is 79.7 Å². The summed E-state index contributed by atoms with van der Waals surface area (Å²) < 4.78 is 0. The summed E-state index contributed by atoms with van der Waals surface area (Å²) >= 11 is 5.96. The number of aromatic nitrogens is 2. The third-order valence-corrected chi connectivity index (χ3v) is 4.87. The molecule has 0 aliphatic carbocycles. The van der Waals surface area contributed by atoms with Crippen LogP contribution in [-0.2, 0) is 0 Å². The van der Waals surface area contributed by atoms with E-state index in [1.54, 1.807) is 6.20 Å². The molecule has 0 bridgehead atoms. The molecule has 0 fully saturated rings. The zero-order valence-corrected chi connectivity index (χ0v) is 16.0. The van der Waals surface area contributed by atoms with Crippen molar-refractivity contribution < 1.29 is 4.79 Å². The molecule has 5 heteroatoms. The van der Waals surface area contributed by atoms with Gasteiger partial charge >= 0.3 is 0 Å². The molecule has 4 aromatic rings. The minimum atomic E-state index is -0.167. The molecular weight excluding hydrogens is 370 g/mol. The minimum absolute atomic E-state index is 0.162. The molecule has 1 atom stereocenters. The van der Waals surface area contributed by atoms with Crippen molar-refractivity contribution in [3.05, 3.63) is 95.1 Å². The van der Waals surface area contributed by atoms with Crippen LogP contribution in [0.3, 0.4) is 0 Å². The molecule has 2 aromatic carbocycles. The van der Waals surface area contributed by atoms with E-state index >= 15 is 0 Å². The number of halogens is 1. The molecule has 0 spiro atoms. The lowest BCUT2D eigenvalue weighted by atomic mass is 10.0. The highest BCUT2D eigenvalue weighted by molar-refractivity contribution is 6.30. The second-order valence-corrected chi connectivity index (χ2v) is 6.98. The van der Waals surface area contributed by atoms with E-state index < -0.39 is 0 Å². The molecule has 1 N–H and O–H groups in total. The maximum atomic E-state index is 13.1. The first-order valence-electron chi connectivity index (χ1n) is 8.99. The number of hydrogen-bond acceptors (Lipinski definition) is 3. The lowest BCUT2D eigenvalue weighted by molar-refractivity contribution is 0.0941. The fourth-order valence-electron chi connectivity index (χ4n) is 3.11. The van der Waals surface area contributed by atoms with Gasteiger partial charge in [-0.25, -0.2) is 9.97 Å². The highest BCUT2D eigenvalue weighted by Crippen LogP contribution is 2.24. The SMILES string of the molecule is CC(NC(=O)c1cc(-c2ccccc2)nc2ncccc12)c1ccc(Cl)cc1. The van der Waals surface area contributed by atoms with Gasteiger partial charge in [0.05, 0.1) is 17.3 Å². The molecule has 2 aromatic heterocycles. The van der Waals surface area contributed by atoms with Crippen molar-refractivity contribution in [2.45, 2.75) is 13.0 Å². The fraction of sp³-hybridized carbons (Fsp3) is 0.0870. The van der Waals surface area contributed by atoms with Crippen LogP contribution in [0, 0.1) is 0 Å². The Bertz CT molecular complexity index is 1130. The molecule has 0 saturated heterocycles. The maximum absolute atomic E-state index is 13.1. The van der Waals surface area contributed by atoms with Crippen molar-refractivity contribution in [2.24, 2.45) is 0 Å². The van der Waals surface area contributed by atoms with Gasteiger partial charge in [-0.1, -0.05) is 54.1 Å². The second-order valence-electron chi connectivity index (χ2n) is 6.54. The van der Waals surface area contributed by atoms with E-state index in [0.29, 0.717) is 16.2 Å². The first-order valence-corrected chi connectivity index (χ1v) is 9.37. The van der Waals surface area contributed by atoms with Crippen LogP contribution in [0.1, 0.15) is 28.9 Å². The molecule has 138 valence electrons. The molecule has 0 aliphatic rings. The largest absolute Gasteiger partial charge is 0.345 e. The standard InChI is InChI=1S/C23H18ClN3O/c1-15(16-9-11-18(24)12-10-16)26-23(28)20-14-21(17-6-3-2-4-7-17)27-22-19(20)8-5-13-25-22/h2-15H,1H3,(H,26,28). The molecule has 2 heterocycles. The van der Waals surface area contributed by atoms with Gasteiger partial charge in [0.25, 0.3) is 5.91 Å². The summed E-state index contributed by atoms with van der Waals surface area (Å²) in [5, 5.41) is 4.46. The second kappa shape index (κ2) is 7.79. The van der Waals surface area contributed by atoms with Crippen molar-refractivity contribution in [3.63, 3.8) is 0 Å². The smallest absolute Gasteiger partial charge is 0.252 e. The van der Waals surface area contributed by atoms with Crippen LogP contribution in [0.5, 0.6) is 0 Å². The first-order chi connectivity index (χ1) is 13.6. The van der Waals surface area contributed by atoms with Crippen LogP contribution in [0.25, 0.3) is 22.3 Å². The van der Waals surface area contributed by atoms with E-state index in [9.17, 15) is 4.79 Å². The summed E-state index contributed by atoms with van der Waals surface area (Å²) in [5.41, 5.74) is 3.74. The van der Waals surface area contributed by atoms with Crippen molar-refractivity contribution in [1.29, 1.82) is 0 Å². The number of carbonyl (C=O) groups is 1. The van der Waals surface area contributed by atoms with Crippen LogP contribution < -0.4 is 5.32 Å². The van der Waals surface area contributed by atoms with E-state index in [2.05, 4.69) is 15.3 Å². The Morgan fingerprint density at radius 1 is 1.00 bits per heavy atom. The van der Waals surface area contributed by atoms with Gasteiger partial charge in [-0.05, 0) is 42.8 Å². The summed E-state index contributed by atoms with van der Waals surface area (Å²) in [6.07, 6.45) is 1.68. The van der Waals surface area contributed by atoms with Crippen LogP contribution in [-0.4, -0.2) is 15.9 Å². The zero-order chi connectivity index (χ0) is 19.5. The number of amides is 1. The third kappa shape index (κ3) is 3.73. The van der Waals surface area contributed by atoms with Gasteiger partial charge in [0, 0.05) is 22.2 Å². The molecule has 4 nitrogen and oxygen atoms in total. The van der Waals surface area contributed by atoms with Crippen molar-refractivity contribution in [3.8, 4) is 11.3 Å². The van der Waals surface area contributed by atoms with Crippen LogP contribution in [0.15, 0.2) is 79.0 Å². The molecule has 0 saturated carbocycles. The van der Waals surface area contributed by atoms with Crippen LogP contribution >= 0.6 is 11.6 Å². The van der Waals surface area contributed by atoms with E-state index in [0.717, 1.165) is 22.2 Å². The number of benzene rings is 2. The number of fused-ring (bicyclic) bond motifs is 1. The number of nitrogens with one attached hydrogen (secondary N) is 1. The van der Waals surface area contributed by atoms with Gasteiger partial charge < -0.3 is 5.32 Å². The third-order valence-electron chi connectivity index (χ3n) is 4.62.